The number of aryl methyl sites for hydroxylation is 1. The lowest BCUT2D eigenvalue weighted by Gasteiger charge is -2.09. The standard InChI is InChI=1S/C13H19NO.C2HF3O2/c1-11(2)10-14-8-9-15-13-7-5-4-6-12(13)3;3-2(4,5)1(6)7/h4-7,14H,1,8-10H2,2-3H3;(H,6,7). The first-order chi connectivity index (χ1) is 10.1. The van der Waals surface area contributed by atoms with Crippen LogP contribution in [-0.2, 0) is 4.79 Å². The van der Waals surface area contributed by atoms with E-state index in [2.05, 4.69) is 24.9 Å². The Balaban J connectivity index is 0.000000534. The Kier molecular flexibility index (Phi) is 8.93. The van der Waals surface area contributed by atoms with Crippen LogP contribution in [0.1, 0.15) is 12.5 Å². The smallest absolute Gasteiger partial charge is 0.490 e. The molecule has 0 radical (unpaired) electrons. The summed E-state index contributed by atoms with van der Waals surface area (Å²) < 4.78 is 37.4. The molecule has 2 N–H and O–H groups in total. The highest BCUT2D eigenvalue weighted by molar-refractivity contribution is 5.73. The van der Waals surface area contributed by atoms with E-state index >= 15 is 0 Å². The number of nitrogens with one attached hydrogen (secondary N) is 1. The van der Waals surface area contributed by atoms with Crippen molar-refractivity contribution in [1.29, 1.82) is 0 Å². The van der Waals surface area contributed by atoms with Gasteiger partial charge in [-0.3, -0.25) is 0 Å². The molecule has 0 spiro atoms. The van der Waals surface area contributed by atoms with Crippen molar-refractivity contribution in [3.63, 3.8) is 0 Å². The van der Waals surface area contributed by atoms with E-state index in [1.807, 2.05) is 25.1 Å². The van der Waals surface area contributed by atoms with Gasteiger partial charge in [0.15, 0.2) is 0 Å². The Bertz CT molecular complexity index is 487. The number of carboxylic acids is 1. The zero-order chi connectivity index (χ0) is 17.2. The number of ether oxygens (including phenoxy) is 1. The largest absolute Gasteiger partial charge is 0.492 e. The quantitative estimate of drug-likeness (QED) is 0.624. The number of benzene rings is 1. The molecule has 0 amide bonds. The molecule has 0 bridgehead atoms. The summed E-state index contributed by atoms with van der Waals surface area (Å²) in [6.45, 7) is 10.3. The van der Waals surface area contributed by atoms with Crippen LogP contribution in [0.3, 0.4) is 0 Å². The highest BCUT2D eigenvalue weighted by Crippen LogP contribution is 2.15. The minimum absolute atomic E-state index is 0.693. The maximum absolute atomic E-state index is 10.6. The highest BCUT2D eigenvalue weighted by Gasteiger charge is 2.38. The first kappa shape index (κ1) is 20.0. The van der Waals surface area contributed by atoms with Crippen LogP contribution in [0.4, 0.5) is 13.2 Å². The number of hydrogen-bond donors (Lipinski definition) is 2. The van der Waals surface area contributed by atoms with Crippen LogP contribution >= 0.6 is 0 Å². The number of carbonyl (C=O) groups is 1. The molecule has 0 unspecified atom stereocenters. The molecule has 0 aliphatic carbocycles. The van der Waals surface area contributed by atoms with E-state index in [4.69, 9.17) is 14.6 Å². The molecule has 22 heavy (non-hydrogen) atoms. The minimum atomic E-state index is -5.08. The van der Waals surface area contributed by atoms with Crippen LogP contribution in [-0.4, -0.2) is 36.9 Å². The Morgan fingerprint density at radius 1 is 1.36 bits per heavy atom. The number of alkyl halides is 3. The summed E-state index contributed by atoms with van der Waals surface area (Å²) in [4.78, 5) is 8.90. The molecule has 0 aliphatic rings. The predicted octanol–water partition coefficient (Wildman–Crippen LogP) is 3.17. The number of carboxylic acid groups (broad SMARTS) is 1. The maximum atomic E-state index is 10.6. The molecule has 1 aromatic rings. The van der Waals surface area contributed by atoms with E-state index in [1.54, 1.807) is 0 Å². The molecular formula is C15H20F3NO3. The molecule has 0 heterocycles. The van der Waals surface area contributed by atoms with Gasteiger partial charge < -0.3 is 15.2 Å². The third-order valence-corrected chi connectivity index (χ3v) is 2.30. The first-order valence-electron chi connectivity index (χ1n) is 6.48. The summed E-state index contributed by atoms with van der Waals surface area (Å²) >= 11 is 0. The van der Waals surface area contributed by atoms with Crippen molar-refractivity contribution in [2.24, 2.45) is 0 Å². The van der Waals surface area contributed by atoms with E-state index in [0.29, 0.717) is 6.61 Å². The summed E-state index contributed by atoms with van der Waals surface area (Å²) in [5.74, 6) is -1.79. The van der Waals surface area contributed by atoms with Crippen LogP contribution in [0.25, 0.3) is 0 Å². The molecule has 1 aromatic carbocycles. The fourth-order valence-corrected chi connectivity index (χ4v) is 1.25. The monoisotopic (exact) mass is 319 g/mol. The summed E-state index contributed by atoms with van der Waals surface area (Å²) in [6, 6.07) is 8.05. The van der Waals surface area contributed by atoms with Gasteiger partial charge in [-0.15, -0.1) is 0 Å². The second-order valence-corrected chi connectivity index (χ2v) is 4.55. The van der Waals surface area contributed by atoms with E-state index in [0.717, 1.165) is 24.4 Å². The molecular weight excluding hydrogens is 299 g/mol. The lowest BCUT2D eigenvalue weighted by Crippen LogP contribution is -2.22. The normalized spacial score (nSPS) is 10.4. The average molecular weight is 319 g/mol. The molecule has 0 saturated heterocycles. The van der Waals surface area contributed by atoms with Crippen molar-refractivity contribution < 1.29 is 27.8 Å². The van der Waals surface area contributed by atoms with Crippen molar-refractivity contribution in [2.45, 2.75) is 20.0 Å². The number of hydrogen-bond acceptors (Lipinski definition) is 3. The Hall–Kier alpha value is -2.02. The van der Waals surface area contributed by atoms with Crippen LogP contribution < -0.4 is 10.1 Å². The number of rotatable bonds is 6. The summed E-state index contributed by atoms with van der Waals surface area (Å²) in [7, 11) is 0. The van der Waals surface area contributed by atoms with E-state index < -0.39 is 12.1 Å². The van der Waals surface area contributed by atoms with Gasteiger partial charge in [0.05, 0.1) is 0 Å². The van der Waals surface area contributed by atoms with Gasteiger partial charge in [0, 0.05) is 13.1 Å². The molecule has 4 nitrogen and oxygen atoms in total. The number of para-hydroxylation sites is 1. The molecule has 7 heteroatoms. The molecule has 0 aliphatic heterocycles. The third kappa shape index (κ3) is 9.82. The van der Waals surface area contributed by atoms with Gasteiger partial charge in [0.1, 0.15) is 12.4 Å². The summed E-state index contributed by atoms with van der Waals surface area (Å²) in [5.41, 5.74) is 2.32. The number of aliphatic carboxylic acids is 1. The summed E-state index contributed by atoms with van der Waals surface area (Å²) in [6.07, 6.45) is -5.08. The van der Waals surface area contributed by atoms with Crippen LogP contribution in [0.2, 0.25) is 0 Å². The minimum Gasteiger partial charge on any atom is -0.492 e. The molecule has 0 aromatic heterocycles. The number of halogens is 3. The predicted molar refractivity (Wildman–Crippen MR) is 78.0 cm³/mol. The van der Waals surface area contributed by atoms with Crippen molar-refractivity contribution in [3.05, 3.63) is 42.0 Å². The second-order valence-electron chi connectivity index (χ2n) is 4.55. The van der Waals surface area contributed by atoms with E-state index in [1.165, 1.54) is 5.56 Å². The molecule has 124 valence electrons. The van der Waals surface area contributed by atoms with Crippen molar-refractivity contribution in [2.75, 3.05) is 19.7 Å². The SMILES string of the molecule is C=C(C)CNCCOc1ccccc1C.O=C(O)C(F)(F)F. The molecule has 0 saturated carbocycles. The zero-order valence-corrected chi connectivity index (χ0v) is 12.5. The fourth-order valence-electron chi connectivity index (χ4n) is 1.25. The van der Waals surface area contributed by atoms with Gasteiger partial charge in [0.2, 0.25) is 0 Å². The molecule has 1 rings (SSSR count). The van der Waals surface area contributed by atoms with Gasteiger partial charge in [-0.1, -0.05) is 30.4 Å². The second kappa shape index (κ2) is 9.83. The third-order valence-electron chi connectivity index (χ3n) is 2.30. The van der Waals surface area contributed by atoms with Gasteiger partial charge in [0.25, 0.3) is 0 Å². The lowest BCUT2D eigenvalue weighted by molar-refractivity contribution is -0.192. The molecule has 0 fully saturated rings. The van der Waals surface area contributed by atoms with Crippen LogP contribution in [0.15, 0.2) is 36.4 Å². The van der Waals surface area contributed by atoms with E-state index in [-0.39, 0.29) is 0 Å². The molecule has 0 atom stereocenters. The lowest BCUT2D eigenvalue weighted by atomic mass is 10.2. The fraction of sp³-hybridized carbons (Fsp3) is 0.400. The first-order valence-corrected chi connectivity index (χ1v) is 6.48. The van der Waals surface area contributed by atoms with Gasteiger partial charge in [-0.2, -0.15) is 13.2 Å². The average Bonchev–Trinajstić information content (AvgIpc) is 2.39. The van der Waals surface area contributed by atoms with E-state index in [9.17, 15) is 13.2 Å². The maximum Gasteiger partial charge on any atom is 0.490 e. The van der Waals surface area contributed by atoms with Crippen LogP contribution in [0, 0.1) is 6.92 Å². The highest BCUT2D eigenvalue weighted by atomic mass is 19.4. The zero-order valence-electron chi connectivity index (χ0n) is 12.5. The van der Waals surface area contributed by atoms with Gasteiger partial charge in [-0.05, 0) is 25.5 Å². The van der Waals surface area contributed by atoms with Gasteiger partial charge >= 0.3 is 12.1 Å². The van der Waals surface area contributed by atoms with Crippen molar-refractivity contribution >= 4 is 5.97 Å². The Labute approximate surface area is 127 Å². The van der Waals surface area contributed by atoms with Crippen molar-refractivity contribution in [1.82, 2.24) is 5.32 Å². The van der Waals surface area contributed by atoms with Gasteiger partial charge in [-0.25, -0.2) is 4.79 Å². The Morgan fingerprint density at radius 3 is 2.36 bits per heavy atom. The topological polar surface area (TPSA) is 58.6 Å². The summed E-state index contributed by atoms with van der Waals surface area (Å²) in [5, 5.41) is 10.4. The Morgan fingerprint density at radius 2 is 1.91 bits per heavy atom. The van der Waals surface area contributed by atoms with Crippen molar-refractivity contribution in [3.8, 4) is 5.75 Å². The van der Waals surface area contributed by atoms with Crippen LogP contribution in [0.5, 0.6) is 5.75 Å².